The third kappa shape index (κ3) is 4.73. The molecule has 3 aromatic rings. The topological polar surface area (TPSA) is 42.7 Å². The second-order valence-corrected chi connectivity index (χ2v) is 7.49. The predicted octanol–water partition coefficient (Wildman–Crippen LogP) is 5.99. The van der Waals surface area contributed by atoms with Gasteiger partial charge in [-0.3, -0.25) is 4.79 Å². The van der Waals surface area contributed by atoms with Crippen molar-refractivity contribution in [3.63, 3.8) is 0 Å². The van der Waals surface area contributed by atoms with Crippen molar-refractivity contribution in [2.45, 2.75) is 0 Å². The third-order valence-corrected chi connectivity index (χ3v) is 5.48. The van der Waals surface area contributed by atoms with Crippen molar-refractivity contribution in [3.8, 4) is 11.3 Å². The molecule has 1 saturated heterocycles. The van der Waals surface area contributed by atoms with Gasteiger partial charge >= 0.3 is 0 Å². The highest BCUT2D eigenvalue weighted by Gasteiger charge is 2.13. The number of morpholine rings is 1. The Morgan fingerprint density at radius 1 is 0.966 bits per heavy atom. The molecule has 4 nitrogen and oxygen atoms in total. The Balaban J connectivity index is 1.47. The molecule has 0 unspecified atom stereocenters. The number of ketones is 1. The Labute approximate surface area is 179 Å². The molecule has 1 aliphatic heterocycles. The van der Waals surface area contributed by atoms with E-state index in [0.717, 1.165) is 24.3 Å². The number of carbonyl (C=O) groups excluding carboxylic acids is 1. The van der Waals surface area contributed by atoms with Crippen LogP contribution in [-0.4, -0.2) is 32.1 Å². The number of nitrogens with zero attached hydrogens (tertiary/aromatic N) is 1. The molecule has 29 heavy (non-hydrogen) atoms. The zero-order valence-electron chi connectivity index (χ0n) is 15.6. The van der Waals surface area contributed by atoms with Crippen molar-refractivity contribution in [2.75, 3.05) is 31.2 Å². The lowest BCUT2D eigenvalue weighted by atomic mass is 10.1. The minimum absolute atomic E-state index is 0.0763. The van der Waals surface area contributed by atoms with Crippen LogP contribution in [0.5, 0.6) is 0 Å². The summed E-state index contributed by atoms with van der Waals surface area (Å²) in [6, 6.07) is 16.6. The van der Waals surface area contributed by atoms with Crippen molar-refractivity contribution in [1.82, 2.24) is 0 Å². The number of hydrogen-bond acceptors (Lipinski definition) is 4. The van der Waals surface area contributed by atoms with Crippen molar-refractivity contribution in [2.24, 2.45) is 0 Å². The lowest BCUT2D eigenvalue weighted by molar-refractivity contribution is 0.104. The molecule has 0 atom stereocenters. The standard InChI is InChI=1S/C23H19Cl2NO3/c24-20-7-4-17(15-21(20)25)23-9-6-19(29-23)5-8-22(27)16-2-1-3-18(14-16)26-10-12-28-13-11-26/h1-9,14-15H,10-13H2/b8-5-. The molecule has 148 valence electrons. The molecule has 0 bridgehead atoms. The summed E-state index contributed by atoms with van der Waals surface area (Å²) in [5.41, 5.74) is 2.50. The van der Waals surface area contributed by atoms with Crippen LogP contribution in [0.2, 0.25) is 10.0 Å². The van der Waals surface area contributed by atoms with E-state index in [1.807, 2.05) is 42.5 Å². The van der Waals surface area contributed by atoms with Crippen LogP contribution >= 0.6 is 23.2 Å². The van der Waals surface area contributed by atoms with Gasteiger partial charge in [-0.2, -0.15) is 0 Å². The Morgan fingerprint density at radius 3 is 2.59 bits per heavy atom. The fourth-order valence-corrected chi connectivity index (χ4v) is 3.48. The highest BCUT2D eigenvalue weighted by atomic mass is 35.5. The fourth-order valence-electron chi connectivity index (χ4n) is 3.18. The highest BCUT2D eigenvalue weighted by Crippen LogP contribution is 2.30. The molecule has 0 amide bonds. The molecule has 2 aromatic carbocycles. The van der Waals surface area contributed by atoms with Crippen LogP contribution in [0, 0.1) is 0 Å². The lowest BCUT2D eigenvalue weighted by Crippen LogP contribution is -2.36. The number of anilines is 1. The van der Waals surface area contributed by atoms with Crippen molar-refractivity contribution in [1.29, 1.82) is 0 Å². The van der Waals surface area contributed by atoms with E-state index in [0.29, 0.717) is 40.3 Å². The predicted molar refractivity (Wildman–Crippen MR) is 117 cm³/mol. The molecule has 4 rings (SSSR count). The van der Waals surface area contributed by atoms with Crippen molar-refractivity contribution in [3.05, 3.63) is 82.0 Å². The number of rotatable bonds is 5. The fraction of sp³-hybridized carbons (Fsp3) is 0.174. The maximum Gasteiger partial charge on any atom is 0.186 e. The summed E-state index contributed by atoms with van der Waals surface area (Å²) in [6.07, 6.45) is 3.20. The maximum atomic E-state index is 12.6. The summed E-state index contributed by atoms with van der Waals surface area (Å²) in [5, 5.41) is 0.958. The summed E-state index contributed by atoms with van der Waals surface area (Å²) in [7, 11) is 0. The van der Waals surface area contributed by atoms with Gasteiger partial charge in [-0.05, 0) is 54.6 Å². The van der Waals surface area contributed by atoms with Gasteiger partial charge in [0.2, 0.25) is 0 Å². The zero-order chi connectivity index (χ0) is 20.2. The number of halogens is 2. The summed E-state index contributed by atoms with van der Waals surface area (Å²) in [6.45, 7) is 3.07. The molecular formula is C23H19Cl2NO3. The molecule has 0 spiro atoms. The first-order chi connectivity index (χ1) is 14.1. The molecule has 0 radical (unpaired) electrons. The van der Waals surface area contributed by atoms with E-state index < -0.39 is 0 Å². The Bertz CT molecular complexity index is 1050. The average molecular weight is 428 g/mol. The molecule has 6 heteroatoms. The van der Waals surface area contributed by atoms with Crippen LogP contribution in [0.4, 0.5) is 5.69 Å². The number of carbonyl (C=O) groups is 1. The number of ether oxygens (including phenoxy) is 1. The van der Waals surface area contributed by atoms with Crippen LogP contribution in [0.25, 0.3) is 17.4 Å². The maximum absolute atomic E-state index is 12.6. The Morgan fingerprint density at radius 2 is 1.79 bits per heavy atom. The molecule has 1 aliphatic rings. The largest absolute Gasteiger partial charge is 0.457 e. The summed E-state index contributed by atoms with van der Waals surface area (Å²) in [5.74, 6) is 1.17. The van der Waals surface area contributed by atoms with Gasteiger partial charge in [0, 0.05) is 29.9 Å². The first-order valence-electron chi connectivity index (χ1n) is 9.30. The van der Waals surface area contributed by atoms with E-state index in [-0.39, 0.29) is 5.78 Å². The molecular weight excluding hydrogens is 409 g/mol. The molecule has 1 fully saturated rings. The molecule has 2 heterocycles. The minimum atomic E-state index is -0.0763. The quantitative estimate of drug-likeness (QED) is 0.370. The van der Waals surface area contributed by atoms with Gasteiger partial charge in [-0.25, -0.2) is 0 Å². The normalized spacial score (nSPS) is 14.5. The smallest absolute Gasteiger partial charge is 0.186 e. The Hall–Kier alpha value is -2.53. The van der Waals surface area contributed by atoms with Crippen LogP contribution in [-0.2, 0) is 4.74 Å². The highest BCUT2D eigenvalue weighted by molar-refractivity contribution is 6.42. The number of hydrogen-bond donors (Lipinski definition) is 0. The molecule has 0 aliphatic carbocycles. The second-order valence-electron chi connectivity index (χ2n) is 6.68. The van der Waals surface area contributed by atoms with Crippen LogP contribution in [0.3, 0.4) is 0 Å². The third-order valence-electron chi connectivity index (χ3n) is 4.74. The van der Waals surface area contributed by atoms with E-state index in [1.165, 1.54) is 6.08 Å². The van der Waals surface area contributed by atoms with E-state index in [4.69, 9.17) is 32.4 Å². The molecule has 0 N–H and O–H groups in total. The summed E-state index contributed by atoms with van der Waals surface area (Å²) in [4.78, 5) is 14.8. The Kier molecular flexibility index (Phi) is 6.05. The van der Waals surface area contributed by atoms with Crippen LogP contribution in [0.1, 0.15) is 16.1 Å². The van der Waals surface area contributed by atoms with Gasteiger partial charge in [0.15, 0.2) is 5.78 Å². The number of furan rings is 1. The molecule has 0 saturated carbocycles. The van der Waals surface area contributed by atoms with E-state index in [1.54, 1.807) is 18.2 Å². The summed E-state index contributed by atoms with van der Waals surface area (Å²) >= 11 is 12.0. The van der Waals surface area contributed by atoms with Crippen LogP contribution in [0.15, 0.2) is 65.1 Å². The van der Waals surface area contributed by atoms with Crippen molar-refractivity contribution < 1.29 is 13.9 Å². The van der Waals surface area contributed by atoms with Crippen LogP contribution < -0.4 is 4.90 Å². The second kappa shape index (κ2) is 8.87. The summed E-state index contributed by atoms with van der Waals surface area (Å²) < 4.78 is 11.2. The lowest BCUT2D eigenvalue weighted by Gasteiger charge is -2.29. The number of allylic oxidation sites excluding steroid dienone is 1. The molecule has 1 aromatic heterocycles. The van der Waals surface area contributed by atoms with Gasteiger partial charge in [-0.1, -0.05) is 35.3 Å². The van der Waals surface area contributed by atoms with Gasteiger partial charge in [0.05, 0.1) is 23.3 Å². The monoisotopic (exact) mass is 427 g/mol. The van der Waals surface area contributed by atoms with E-state index >= 15 is 0 Å². The van der Waals surface area contributed by atoms with E-state index in [9.17, 15) is 4.79 Å². The van der Waals surface area contributed by atoms with Gasteiger partial charge in [-0.15, -0.1) is 0 Å². The SMILES string of the molecule is O=C(/C=C\c1ccc(-c2ccc(Cl)c(Cl)c2)o1)c1cccc(N2CCOCC2)c1. The number of benzene rings is 2. The minimum Gasteiger partial charge on any atom is -0.457 e. The van der Waals surface area contributed by atoms with Gasteiger partial charge in [0.25, 0.3) is 0 Å². The van der Waals surface area contributed by atoms with Crippen molar-refractivity contribution >= 4 is 40.7 Å². The van der Waals surface area contributed by atoms with E-state index in [2.05, 4.69) is 4.90 Å². The first-order valence-corrected chi connectivity index (χ1v) is 10.1. The first kappa shape index (κ1) is 19.8. The van der Waals surface area contributed by atoms with Gasteiger partial charge in [0.1, 0.15) is 11.5 Å². The average Bonchev–Trinajstić information content (AvgIpc) is 3.24. The zero-order valence-corrected chi connectivity index (χ0v) is 17.1. The van der Waals surface area contributed by atoms with Gasteiger partial charge < -0.3 is 14.1 Å².